The summed E-state index contributed by atoms with van der Waals surface area (Å²) in [6, 6.07) is 32.3. The minimum atomic E-state index is -0.965. The predicted molar refractivity (Wildman–Crippen MR) is 216 cm³/mol. The fourth-order valence-corrected chi connectivity index (χ4v) is 9.94. The fraction of sp³-hybridized carbons (Fsp3) is 0.404. The van der Waals surface area contributed by atoms with Crippen LogP contribution in [-0.4, -0.2) is 61.8 Å². The van der Waals surface area contributed by atoms with E-state index in [1.165, 1.54) is 5.57 Å². The minimum Gasteiger partial charge on any atom is -0.393 e. The van der Waals surface area contributed by atoms with E-state index in [9.17, 15) is 19.8 Å². The van der Waals surface area contributed by atoms with E-state index >= 15 is 0 Å². The Morgan fingerprint density at radius 3 is 2.37 bits per heavy atom. The molecular formula is C47H53N3O4. The van der Waals surface area contributed by atoms with E-state index < -0.39 is 17.1 Å². The minimum absolute atomic E-state index is 0.0174. The Hall–Kier alpha value is -4.56. The average molecular weight is 724 g/mol. The highest BCUT2D eigenvalue weighted by Gasteiger charge is 2.57. The van der Waals surface area contributed by atoms with E-state index in [2.05, 4.69) is 54.1 Å². The monoisotopic (exact) mass is 723 g/mol. The summed E-state index contributed by atoms with van der Waals surface area (Å²) in [6.45, 7) is 6.58. The summed E-state index contributed by atoms with van der Waals surface area (Å²) in [5.74, 6) is -0.0424. The number of H-pyrrole nitrogens is 1. The van der Waals surface area contributed by atoms with Gasteiger partial charge in [-0.3, -0.25) is 9.36 Å². The number of benzene rings is 4. The number of carbonyl (C=O) groups excluding carboxylic acids is 1. The topological polar surface area (TPSA) is 98.6 Å². The maximum absolute atomic E-state index is 14.6. The molecule has 9 rings (SSSR count). The van der Waals surface area contributed by atoms with Crippen molar-refractivity contribution in [2.45, 2.75) is 95.3 Å². The number of ketones is 1. The van der Waals surface area contributed by atoms with Gasteiger partial charge >= 0.3 is 5.69 Å². The van der Waals surface area contributed by atoms with Crippen LogP contribution in [0.3, 0.4) is 0 Å². The number of likely N-dealkylation sites (tertiary alicyclic amines) is 1. The summed E-state index contributed by atoms with van der Waals surface area (Å²) in [7, 11) is 0. The van der Waals surface area contributed by atoms with Crippen molar-refractivity contribution in [3.05, 3.63) is 141 Å². The van der Waals surface area contributed by atoms with Gasteiger partial charge in [0, 0.05) is 42.2 Å². The number of para-hydroxylation sites is 2. The number of nitrogens with one attached hydrogen (secondary N) is 1. The molecule has 54 heavy (non-hydrogen) atoms. The summed E-state index contributed by atoms with van der Waals surface area (Å²) < 4.78 is 1.93. The normalized spacial score (nSPS) is 25.7. The van der Waals surface area contributed by atoms with Crippen LogP contribution in [0, 0.1) is 5.41 Å². The van der Waals surface area contributed by atoms with Crippen LogP contribution in [0.4, 0.5) is 0 Å². The predicted octanol–water partition coefficient (Wildman–Crippen LogP) is 8.60. The number of carbonyl (C=O) groups is 1. The van der Waals surface area contributed by atoms with E-state index in [4.69, 9.17) is 0 Å². The number of rotatable bonds is 6. The van der Waals surface area contributed by atoms with Crippen LogP contribution in [-0.2, 0) is 6.42 Å². The highest BCUT2D eigenvalue weighted by molar-refractivity contribution is 6.10. The number of allylic oxidation sites excluding steroid dienone is 2. The van der Waals surface area contributed by atoms with E-state index in [1.54, 1.807) is 0 Å². The number of fused-ring (bicyclic) bond motifs is 9. The number of hydrogen-bond donors (Lipinski definition) is 3. The van der Waals surface area contributed by atoms with Crippen molar-refractivity contribution in [1.82, 2.24) is 14.5 Å². The molecule has 0 amide bonds. The zero-order valence-electron chi connectivity index (χ0n) is 31.6. The number of β-amino-alcohol motifs (C(OH)–C–C–N with tert-alkyl or cyclic N) is 1. The lowest BCUT2D eigenvalue weighted by molar-refractivity contribution is -0.0870. The van der Waals surface area contributed by atoms with Crippen LogP contribution in [0.5, 0.6) is 0 Å². The van der Waals surface area contributed by atoms with E-state index in [-0.39, 0.29) is 23.4 Å². The molecule has 2 heterocycles. The number of aliphatic hydroxyl groups excluding tert-OH is 1. The lowest BCUT2D eigenvalue weighted by atomic mass is 9.64. The molecule has 5 aromatic rings. The summed E-state index contributed by atoms with van der Waals surface area (Å²) in [6.07, 6.45) is 8.52. The Bertz CT molecular complexity index is 2210. The van der Waals surface area contributed by atoms with Crippen molar-refractivity contribution in [2.24, 2.45) is 5.41 Å². The van der Waals surface area contributed by atoms with Gasteiger partial charge < -0.3 is 20.1 Å². The van der Waals surface area contributed by atoms with Gasteiger partial charge in [-0.25, -0.2) is 4.79 Å². The molecule has 1 aliphatic heterocycles. The summed E-state index contributed by atoms with van der Waals surface area (Å²) >= 11 is 0. The lowest BCUT2D eigenvalue weighted by Gasteiger charge is -2.47. The first-order valence-corrected chi connectivity index (χ1v) is 19.9. The standard InChI is InChI=1S/C47H53N3O4/c1-32-9-8-25-46(2)41(22-26-47(46,54)31-49-27-23-37(24-28-49)50-43-13-7-6-12-42(43)48-45(50)53)39-21-15-33(29-38(51)20-14-32)30-40(39)44(52)36-18-16-35(17-19-36)34-10-4-3-5-11-34/h3-7,9-13,15-19,21,30,37-38,41,51,54H,8,14,20,22-29,31H2,1-2H3,(H,48,53)/t38-,41-,46-,47+/m0/s1. The van der Waals surface area contributed by atoms with Crippen molar-refractivity contribution in [3.8, 4) is 11.1 Å². The number of aromatic amines is 1. The first kappa shape index (κ1) is 36.4. The summed E-state index contributed by atoms with van der Waals surface area (Å²) in [5, 5.41) is 24.0. The second kappa shape index (κ2) is 14.9. The SMILES string of the molecule is CC1=CCC[C@@]2(C)[C@@H](CC[C@@]2(O)CN2CCC(n3c(=O)[nH]c4ccccc43)CC2)c2ccc(cc2C(=O)c2ccc(-c3ccccc3)cc2)C[C@@H](O)CC1. The van der Waals surface area contributed by atoms with Gasteiger partial charge in [0.15, 0.2) is 5.78 Å². The first-order chi connectivity index (χ1) is 26.1. The molecule has 1 aromatic heterocycles. The van der Waals surface area contributed by atoms with Gasteiger partial charge in [-0.05, 0) is 111 Å². The molecule has 3 N–H and O–H groups in total. The quantitative estimate of drug-likeness (QED) is 0.120. The third-order valence-corrected chi connectivity index (χ3v) is 13.2. The molecule has 2 fully saturated rings. The van der Waals surface area contributed by atoms with Crippen LogP contribution < -0.4 is 5.69 Å². The Kier molecular flexibility index (Phi) is 10.1. The largest absolute Gasteiger partial charge is 0.393 e. The Balaban J connectivity index is 1.10. The molecule has 4 aliphatic rings. The molecular weight excluding hydrogens is 671 g/mol. The molecule has 2 bridgehead atoms. The van der Waals surface area contributed by atoms with Gasteiger partial charge in [-0.2, -0.15) is 0 Å². The third-order valence-electron chi connectivity index (χ3n) is 13.2. The van der Waals surface area contributed by atoms with Gasteiger partial charge in [-0.15, -0.1) is 0 Å². The molecule has 7 nitrogen and oxygen atoms in total. The van der Waals surface area contributed by atoms with E-state index in [0.29, 0.717) is 36.9 Å². The summed E-state index contributed by atoms with van der Waals surface area (Å²) in [5.41, 5.74) is 7.03. The number of imidazole rings is 1. The third kappa shape index (κ3) is 6.94. The number of nitrogens with zero attached hydrogens (tertiary/aromatic N) is 2. The molecule has 4 aromatic carbocycles. The zero-order chi connectivity index (χ0) is 37.5. The molecule has 0 spiro atoms. The number of hydrogen-bond acceptors (Lipinski definition) is 5. The number of piperidine rings is 1. The highest BCUT2D eigenvalue weighted by atomic mass is 16.3. The second-order valence-corrected chi connectivity index (χ2v) is 16.5. The van der Waals surface area contributed by atoms with E-state index in [1.807, 2.05) is 77.4 Å². The van der Waals surface area contributed by atoms with Gasteiger partial charge in [0.25, 0.3) is 0 Å². The van der Waals surface area contributed by atoms with Gasteiger partial charge in [0.2, 0.25) is 0 Å². The zero-order valence-corrected chi connectivity index (χ0v) is 31.6. The lowest BCUT2D eigenvalue weighted by Crippen LogP contribution is -2.54. The Labute approximate surface area is 318 Å². The second-order valence-electron chi connectivity index (χ2n) is 16.5. The smallest absolute Gasteiger partial charge is 0.326 e. The average Bonchev–Trinajstić information content (AvgIpc) is 3.65. The molecule has 7 heteroatoms. The van der Waals surface area contributed by atoms with Crippen LogP contribution in [0.15, 0.2) is 114 Å². The Morgan fingerprint density at radius 1 is 0.870 bits per heavy atom. The molecule has 280 valence electrons. The number of aliphatic hydroxyl groups is 2. The van der Waals surface area contributed by atoms with Gasteiger partial charge in [0.05, 0.1) is 22.7 Å². The summed E-state index contributed by atoms with van der Waals surface area (Å²) in [4.78, 5) is 33.0. The molecule has 1 saturated carbocycles. The van der Waals surface area contributed by atoms with Crippen molar-refractivity contribution in [3.63, 3.8) is 0 Å². The van der Waals surface area contributed by atoms with Crippen molar-refractivity contribution in [2.75, 3.05) is 19.6 Å². The van der Waals surface area contributed by atoms with E-state index in [0.717, 1.165) is 84.9 Å². The maximum atomic E-state index is 14.6. The molecule has 0 radical (unpaired) electrons. The van der Waals surface area contributed by atoms with Crippen molar-refractivity contribution >= 4 is 16.8 Å². The number of aromatic nitrogens is 2. The molecule has 1 saturated heterocycles. The Morgan fingerprint density at radius 2 is 1.59 bits per heavy atom. The van der Waals surface area contributed by atoms with Gasteiger partial charge in [-0.1, -0.05) is 97.4 Å². The van der Waals surface area contributed by atoms with Crippen molar-refractivity contribution < 1.29 is 15.0 Å². The fourth-order valence-electron chi connectivity index (χ4n) is 9.94. The molecule has 0 unspecified atom stereocenters. The van der Waals surface area contributed by atoms with Crippen LogP contribution >= 0.6 is 0 Å². The van der Waals surface area contributed by atoms with Crippen LogP contribution in [0.25, 0.3) is 22.2 Å². The first-order valence-electron chi connectivity index (χ1n) is 19.9. The van der Waals surface area contributed by atoms with Gasteiger partial charge in [0.1, 0.15) is 0 Å². The maximum Gasteiger partial charge on any atom is 0.326 e. The molecule has 4 atom stereocenters. The van der Waals surface area contributed by atoms with Crippen LogP contribution in [0.2, 0.25) is 0 Å². The van der Waals surface area contributed by atoms with Crippen LogP contribution in [0.1, 0.15) is 104 Å². The molecule has 3 aliphatic carbocycles. The highest BCUT2D eigenvalue weighted by Crippen LogP contribution is 2.59. The van der Waals surface area contributed by atoms with Crippen molar-refractivity contribution in [1.29, 1.82) is 0 Å².